The fraction of sp³-hybridized carbons (Fsp3) is 0.280. The molecule has 0 radical (unpaired) electrons. The van der Waals surface area contributed by atoms with Gasteiger partial charge in [-0.2, -0.15) is 0 Å². The minimum atomic E-state index is -0.0195. The maximum Gasteiger partial charge on any atom is 0.260 e. The number of thiazole rings is 1. The quantitative estimate of drug-likeness (QED) is 0.378. The van der Waals surface area contributed by atoms with E-state index in [1.54, 1.807) is 0 Å². The van der Waals surface area contributed by atoms with Gasteiger partial charge in [0.2, 0.25) is 0 Å². The third-order valence-corrected chi connectivity index (χ3v) is 7.07. The number of halogens is 1. The highest BCUT2D eigenvalue weighted by atomic mass is 35.5. The standard InChI is InChI=1S/C25H24ClN3O2S/c26-19-9-10-22-23(17-19)32-25(27-22)29(12-4-11-28-13-15-31-16-14-28)24(30)21-8-3-6-18-5-1-2-7-20(18)21/h1-3,5-10,17H,4,11-16H2. The molecule has 0 atom stereocenters. The van der Waals surface area contributed by atoms with Gasteiger partial charge in [0, 0.05) is 36.8 Å². The first-order chi connectivity index (χ1) is 15.7. The summed E-state index contributed by atoms with van der Waals surface area (Å²) in [4.78, 5) is 22.8. The van der Waals surface area contributed by atoms with E-state index in [1.165, 1.54) is 11.3 Å². The largest absolute Gasteiger partial charge is 0.379 e. The fourth-order valence-corrected chi connectivity index (χ4v) is 5.39. The molecule has 0 unspecified atom stereocenters. The van der Waals surface area contributed by atoms with Gasteiger partial charge in [0.15, 0.2) is 5.13 Å². The van der Waals surface area contributed by atoms with Crippen LogP contribution >= 0.6 is 22.9 Å². The SMILES string of the molecule is O=C(c1cccc2ccccc12)N(CCCN1CCOCC1)c1nc2ccc(Cl)cc2s1. The lowest BCUT2D eigenvalue weighted by molar-refractivity contribution is 0.0376. The van der Waals surface area contributed by atoms with Gasteiger partial charge in [-0.25, -0.2) is 4.98 Å². The first-order valence-corrected chi connectivity index (χ1v) is 12.0. The molecule has 1 saturated heterocycles. The highest BCUT2D eigenvalue weighted by Crippen LogP contribution is 2.32. The Morgan fingerprint density at radius 3 is 2.78 bits per heavy atom. The third kappa shape index (κ3) is 4.50. The maximum atomic E-state index is 13.8. The molecule has 32 heavy (non-hydrogen) atoms. The first kappa shape index (κ1) is 21.3. The summed E-state index contributed by atoms with van der Waals surface area (Å²) in [6.45, 7) is 4.97. The lowest BCUT2D eigenvalue weighted by Crippen LogP contribution is -2.39. The molecule has 1 aromatic heterocycles. The van der Waals surface area contributed by atoms with Gasteiger partial charge >= 0.3 is 0 Å². The van der Waals surface area contributed by atoms with Crippen molar-refractivity contribution in [2.24, 2.45) is 0 Å². The Hall–Kier alpha value is -2.51. The van der Waals surface area contributed by atoms with Crippen LogP contribution in [0, 0.1) is 0 Å². The van der Waals surface area contributed by atoms with Crippen LogP contribution in [-0.2, 0) is 4.74 Å². The molecule has 4 aromatic rings. The van der Waals surface area contributed by atoms with Gasteiger partial charge < -0.3 is 4.74 Å². The summed E-state index contributed by atoms with van der Waals surface area (Å²) in [6, 6.07) is 19.6. The van der Waals surface area contributed by atoms with Crippen LogP contribution in [0.5, 0.6) is 0 Å². The van der Waals surface area contributed by atoms with Gasteiger partial charge in [-0.15, -0.1) is 0 Å². The minimum Gasteiger partial charge on any atom is -0.379 e. The Labute approximate surface area is 196 Å². The van der Waals surface area contributed by atoms with Gasteiger partial charge in [0.1, 0.15) is 0 Å². The Kier molecular flexibility index (Phi) is 6.37. The Balaban J connectivity index is 1.46. The van der Waals surface area contributed by atoms with Gasteiger partial charge in [-0.05, 0) is 41.5 Å². The summed E-state index contributed by atoms with van der Waals surface area (Å²) in [5.41, 5.74) is 1.56. The molecule has 1 fully saturated rings. The highest BCUT2D eigenvalue weighted by molar-refractivity contribution is 7.22. The molecule has 7 heteroatoms. The number of fused-ring (bicyclic) bond motifs is 2. The fourth-order valence-electron chi connectivity index (χ4n) is 4.12. The molecular formula is C25H24ClN3O2S. The van der Waals surface area contributed by atoms with E-state index >= 15 is 0 Å². The molecule has 0 aliphatic carbocycles. The molecule has 164 valence electrons. The van der Waals surface area contributed by atoms with Gasteiger partial charge in [-0.3, -0.25) is 14.6 Å². The van der Waals surface area contributed by atoms with Crippen LogP contribution in [0.25, 0.3) is 21.0 Å². The maximum absolute atomic E-state index is 13.8. The number of morpholine rings is 1. The van der Waals surface area contributed by atoms with Crippen LogP contribution in [0.3, 0.4) is 0 Å². The van der Waals surface area contributed by atoms with Crippen molar-refractivity contribution in [2.45, 2.75) is 6.42 Å². The molecule has 5 rings (SSSR count). The normalized spacial score (nSPS) is 14.8. The van der Waals surface area contributed by atoms with Crippen molar-refractivity contribution in [2.75, 3.05) is 44.3 Å². The number of amides is 1. The van der Waals surface area contributed by atoms with E-state index in [2.05, 4.69) is 4.90 Å². The van der Waals surface area contributed by atoms with Gasteiger partial charge in [0.05, 0.1) is 23.4 Å². The first-order valence-electron chi connectivity index (χ1n) is 10.8. The number of hydrogen-bond acceptors (Lipinski definition) is 5. The van der Waals surface area contributed by atoms with Crippen LogP contribution in [0.4, 0.5) is 5.13 Å². The predicted octanol–water partition coefficient (Wildman–Crippen LogP) is 5.47. The van der Waals surface area contributed by atoms with Crippen LogP contribution in [0.1, 0.15) is 16.8 Å². The van der Waals surface area contributed by atoms with Crippen LogP contribution in [0.15, 0.2) is 60.7 Å². The summed E-state index contributed by atoms with van der Waals surface area (Å²) in [6.07, 6.45) is 0.868. The summed E-state index contributed by atoms with van der Waals surface area (Å²) in [5, 5.41) is 3.40. The molecule has 2 heterocycles. The minimum absolute atomic E-state index is 0.0195. The molecular weight excluding hydrogens is 442 g/mol. The second-order valence-corrected chi connectivity index (χ2v) is 9.35. The van der Waals surface area contributed by atoms with Crippen LogP contribution < -0.4 is 4.90 Å². The van der Waals surface area contributed by atoms with Crippen molar-refractivity contribution in [1.82, 2.24) is 9.88 Å². The van der Waals surface area contributed by atoms with Gasteiger partial charge in [-0.1, -0.05) is 59.3 Å². The molecule has 0 bridgehead atoms. The van der Waals surface area contributed by atoms with E-state index in [-0.39, 0.29) is 5.91 Å². The number of rotatable bonds is 6. The molecule has 0 saturated carbocycles. The zero-order valence-corrected chi connectivity index (χ0v) is 19.2. The van der Waals surface area contributed by atoms with E-state index in [0.717, 1.165) is 60.3 Å². The Morgan fingerprint density at radius 2 is 1.91 bits per heavy atom. The second-order valence-electron chi connectivity index (χ2n) is 7.90. The monoisotopic (exact) mass is 465 g/mol. The summed E-state index contributed by atoms with van der Waals surface area (Å²) in [5.74, 6) is -0.0195. The zero-order chi connectivity index (χ0) is 21.9. The number of carbonyl (C=O) groups excluding carboxylic acids is 1. The average molecular weight is 466 g/mol. The number of aromatic nitrogens is 1. The number of nitrogens with zero attached hydrogens (tertiary/aromatic N) is 3. The van der Waals surface area contributed by atoms with Crippen molar-refractivity contribution in [1.29, 1.82) is 0 Å². The van der Waals surface area contributed by atoms with E-state index in [9.17, 15) is 4.79 Å². The van der Waals surface area contributed by atoms with Crippen molar-refractivity contribution in [3.8, 4) is 0 Å². The van der Waals surface area contributed by atoms with E-state index in [4.69, 9.17) is 21.3 Å². The smallest absolute Gasteiger partial charge is 0.260 e. The summed E-state index contributed by atoms with van der Waals surface area (Å²) in [7, 11) is 0. The third-order valence-electron chi connectivity index (χ3n) is 5.80. The molecule has 1 amide bonds. The van der Waals surface area contributed by atoms with Crippen molar-refractivity contribution in [3.05, 3.63) is 71.2 Å². The highest BCUT2D eigenvalue weighted by Gasteiger charge is 2.23. The summed E-state index contributed by atoms with van der Waals surface area (Å²) < 4.78 is 6.43. The molecule has 1 aliphatic heterocycles. The number of carbonyl (C=O) groups is 1. The molecule has 0 N–H and O–H groups in total. The van der Waals surface area contributed by atoms with E-state index < -0.39 is 0 Å². The topological polar surface area (TPSA) is 45.7 Å². The lowest BCUT2D eigenvalue weighted by Gasteiger charge is -2.28. The number of anilines is 1. The van der Waals surface area contributed by atoms with E-state index in [0.29, 0.717) is 22.3 Å². The molecule has 0 spiro atoms. The summed E-state index contributed by atoms with van der Waals surface area (Å²) >= 11 is 7.69. The zero-order valence-electron chi connectivity index (χ0n) is 17.7. The van der Waals surface area contributed by atoms with E-state index in [1.807, 2.05) is 65.6 Å². The Morgan fingerprint density at radius 1 is 1.09 bits per heavy atom. The molecule has 3 aromatic carbocycles. The number of hydrogen-bond donors (Lipinski definition) is 0. The average Bonchev–Trinajstić information content (AvgIpc) is 3.24. The van der Waals surface area contributed by atoms with Crippen molar-refractivity contribution < 1.29 is 9.53 Å². The second kappa shape index (κ2) is 9.55. The lowest BCUT2D eigenvalue weighted by atomic mass is 10.0. The van der Waals surface area contributed by atoms with Crippen molar-refractivity contribution in [3.63, 3.8) is 0 Å². The Bertz CT molecular complexity index is 1250. The predicted molar refractivity (Wildman–Crippen MR) is 132 cm³/mol. The number of benzene rings is 3. The molecule has 5 nitrogen and oxygen atoms in total. The van der Waals surface area contributed by atoms with Crippen LogP contribution in [-0.4, -0.2) is 55.2 Å². The number of ether oxygens (including phenoxy) is 1. The molecule has 1 aliphatic rings. The van der Waals surface area contributed by atoms with Crippen molar-refractivity contribution >= 4 is 55.0 Å². The van der Waals surface area contributed by atoms with Gasteiger partial charge in [0.25, 0.3) is 5.91 Å². The van der Waals surface area contributed by atoms with Crippen LogP contribution in [0.2, 0.25) is 5.02 Å².